The Hall–Kier alpha value is -2.35. The fourth-order valence-corrected chi connectivity index (χ4v) is 7.27. The van der Waals surface area contributed by atoms with Crippen molar-refractivity contribution >= 4 is 16.8 Å². The molecule has 0 radical (unpaired) electrons. The van der Waals surface area contributed by atoms with Crippen LogP contribution in [-0.2, 0) is 17.3 Å². The number of nitriles is 1. The molecule has 2 saturated heterocycles. The Morgan fingerprint density at radius 3 is 2.58 bits per heavy atom. The Morgan fingerprint density at radius 1 is 1.23 bits per heavy atom. The second kappa shape index (κ2) is 6.34. The highest BCUT2D eigenvalue weighted by Gasteiger charge is 2.56. The second-order valence-electron chi connectivity index (χ2n) is 11.5. The molecular formula is C26H32N4O. The van der Waals surface area contributed by atoms with Crippen LogP contribution < -0.4 is 0 Å². The molecule has 3 aliphatic carbocycles. The molecule has 1 amide bonds. The van der Waals surface area contributed by atoms with Gasteiger partial charge in [-0.25, -0.2) is 0 Å². The maximum atomic E-state index is 13.7. The summed E-state index contributed by atoms with van der Waals surface area (Å²) < 4.78 is 1.99. The summed E-state index contributed by atoms with van der Waals surface area (Å²) in [4.78, 5) is 15.9. The van der Waals surface area contributed by atoms with Crippen molar-refractivity contribution in [3.05, 3.63) is 29.5 Å². The third-order valence-electron chi connectivity index (χ3n) is 8.62. The Kier molecular flexibility index (Phi) is 3.96. The van der Waals surface area contributed by atoms with Gasteiger partial charge in [-0.3, -0.25) is 9.48 Å². The monoisotopic (exact) mass is 416 g/mol. The number of fused-ring (bicyclic) bond motifs is 1. The highest BCUT2D eigenvalue weighted by Crippen LogP contribution is 2.56. The maximum absolute atomic E-state index is 13.7. The van der Waals surface area contributed by atoms with Gasteiger partial charge in [-0.1, -0.05) is 26.0 Å². The smallest absolute Gasteiger partial charge is 0.224 e. The minimum absolute atomic E-state index is 0.168. The lowest BCUT2D eigenvalue weighted by atomic mass is 9.56. The first-order valence-corrected chi connectivity index (χ1v) is 12.0. The van der Waals surface area contributed by atoms with Gasteiger partial charge in [0.1, 0.15) is 0 Å². The number of benzene rings is 1. The highest BCUT2D eigenvalue weighted by molar-refractivity contribution is 5.88. The van der Waals surface area contributed by atoms with E-state index in [2.05, 4.69) is 43.0 Å². The molecule has 3 saturated carbocycles. The third-order valence-corrected chi connectivity index (χ3v) is 8.62. The number of rotatable bonds is 4. The number of aromatic nitrogens is 2. The predicted octanol–water partition coefficient (Wildman–Crippen LogP) is 4.80. The lowest BCUT2D eigenvalue weighted by Gasteiger charge is -2.59. The number of carbonyl (C=O) groups is 1. The molecule has 7 rings (SSSR count). The molecule has 5 nitrogen and oxygen atoms in total. The van der Waals surface area contributed by atoms with Crippen LogP contribution in [0.1, 0.15) is 82.4 Å². The zero-order valence-corrected chi connectivity index (χ0v) is 18.9. The number of nitrogens with zero attached hydrogens (tertiary/aromatic N) is 4. The average Bonchev–Trinajstić information content (AvgIpc) is 3.50. The number of amides is 1. The number of carbonyl (C=O) groups excluding carboxylic acids is 1. The van der Waals surface area contributed by atoms with Crippen molar-refractivity contribution in [1.29, 1.82) is 5.26 Å². The zero-order valence-electron chi connectivity index (χ0n) is 18.9. The molecule has 5 aliphatic rings. The van der Waals surface area contributed by atoms with Gasteiger partial charge in [0.05, 0.1) is 22.7 Å². The predicted molar refractivity (Wildman–Crippen MR) is 119 cm³/mol. The van der Waals surface area contributed by atoms with Gasteiger partial charge >= 0.3 is 0 Å². The van der Waals surface area contributed by atoms with Crippen LogP contribution in [0.3, 0.4) is 0 Å². The Balaban J connectivity index is 1.31. The number of hydrogen-bond acceptors (Lipinski definition) is 3. The molecule has 2 aliphatic heterocycles. The number of piperidine rings is 2. The van der Waals surface area contributed by atoms with Crippen molar-refractivity contribution in [2.24, 2.45) is 18.4 Å². The Bertz CT molecular complexity index is 1100. The van der Waals surface area contributed by atoms with Crippen LogP contribution in [0.15, 0.2) is 18.2 Å². The van der Waals surface area contributed by atoms with E-state index in [0.29, 0.717) is 18.3 Å². The quantitative estimate of drug-likeness (QED) is 0.719. The van der Waals surface area contributed by atoms with E-state index in [-0.39, 0.29) is 28.8 Å². The minimum atomic E-state index is -0.330. The van der Waals surface area contributed by atoms with Crippen molar-refractivity contribution in [3.8, 4) is 6.07 Å². The molecule has 5 heteroatoms. The van der Waals surface area contributed by atoms with E-state index in [1.54, 1.807) is 0 Å². The molecule has 0 N–H and O–H groups in total. The molecule has 5 fully saturated rings. The summed E-state index contributed by atoms with van der Waals surface area (Å²) in [7, 11) is 2.02. The maximum Gasteiger partial charge on any atom is 0.224 e. The van der Waals surface area contributed by atoms with Gasteiger partial charge in [0, 0.05) is 36.4 Å². The summed E-state index contributed by atoms with van der Waals surface area (Å²) in [5, 5.41) is 16.0. The van der Waals surface area contributed by atoms with E-state index >= 15 is 0 Å². The fraction of sp³-hybridized carbons (Fsp3) is 0.654. The summed E-state index contributed by atoms with van der Waals surface area (Å²) in [5.74, 6) is 1.54. The van der Waals surface area contributed by atoms with Crippen LogP contribution in [-0.4, -0.2) is 32.7 Å². The molecule has 31 heavy (non-hydrogen) atoms. The molecular weight excluding hydrogens is 384 g/mol. The molecule has 1 aromatic carbocycles. The molecule has 4 bridgehead atoms. The van der Waals surface area contributed by atoms with E-state index < -0.39 is 0 Å². The van der Waals surface area contributed by atoms with Gasteiger partial charge in [0.2, 0.25) is 5.91 Å². The molecule has 1 aromatic heterocycles. The van der Waals surface area contributed by atoms with E-state index in [9.17, 15) is 10.1 Å². The van der Waals surface area contributed by atoms with Crippen molar-refractivity contribution in [3.63, 3.8) is 0 Å². The molecule has 2 unspecified atom stereocenters. The molecule has 2 atom stereocenters. The Morgan fingerprint density at radius 2 is 1.94 bits per heavy atom. The van der Waals surface area contributed by atoms with E-state index in [1.807, 2.05) is 11.7 Å². The van der Waals surface area contributed by atoms with E-state index in [1.165, 1.54) is 29.3 Å². The van der Waals surface area contributed by atoms with Crippen molar-refractivity contribution in [2.45, 2.75) is 88.6 Å². The normalized spacial score (nSPS) is 31.9. The minimum Gasteiger partial charge on any atom is -0.337 e. The molecule has 2 aromatic rings. The van der Waals surface area contributed by atoms with Crippen LogP contribution >= 0.6 is 0 Å². The standard InChI is InChI=1S/C26H32N4O/c1-25(2,24-23-20(17-7-8-17)5-4-6-21(23)29(3)28-24)14-22(31)30-18-9-16-10-19(30)13-26(11-16,12-18)15-27/h4-6,16-19H,7-14H2,1-3H3. The number of aryl methyl sites for hydroxylation is 1. The van der Waals surface area contributed by atoms with Gasteiger partial charge in [-0.05, 0) is 68.4 Å². The van der Waals surface area contributed by atoms with Gasteiger partial charge in [0.25, 0.3) is 0 Å². The van der Waals surface area contributed by atoms with Gasteiger partial charge in [-0.15, -0.1) is 0 Å². The van der Waals surface area contributed by atoms with Crippen LogP contribution in [0.5, 0.6) is 0 Å². The first-order valence-electron chi connectivity index (χ1n) is 12.0. The lowest BCUT2D eigenvalue weighted by Crippen LogP contribution is -2.63. The van der Waals surface area contributed by atoms with Crippen LogP contribution in [0.2, 0.25) is 0 Å². The van der Waals surface area contributed by atoms with Crippen LogP contribution in [0.4, 0.5) is 0 Å². The van der Waals surface area contributed by atoms with Gasteiger partial charge in [0.15, 0.2) is 0 Å². The molecule has 3 heterocycles. The summed E-state index contributed by atoms with van der Waals surface area (Å²) in [6.07, 6.45) is 7.97. The first-order chi connectivity index (χ1) is 14.8. The van der Waals surface area contributed by atoms with E-state index in [0.717, 1.165) is 37.8 Å². The van der Waals surface area contributed by atoms with Gasteiger partial charge < -0.3 is 4.90 Å². The largest absolute Gasteiger partial charge is 0.337 e. The molecule has 162 valence electrons. The molecule has 0 spiro atoms. The summed E-state index contributed by atoms with van der Waals surface area (Å²) in [6, 6.07) is 9.71. The fourth-order valence-electron chi connectivity index (χ4n) is 7.27. The second-order valence-corrected chi connectivity index (χ2v) is 11.5. The lowest BCUT2D eigenvalue weighted by molar-refractivity contribution is -0.154. The first kappa shape index (κ1) is 19.3. The number of hydrogen-bond donors (Lipinski definition) is 0. The van der Waals surface area contributed by atoms with Crippen LogP contribution in [0, 0.1) is 22.7 Å². The third kappa shape index (κ3) is 2.87. The van der Waals surface area contributed by atoms with Crippen molar-refractivity contribution < 1.29 is 4.79 Å². The summed E-state index contributed by atoms with van der Waals surface area (Å²) >= 11 is 0. The van der Waals surface area contributed by atoms with Gasteiger partial charge in [-0.2, -0.15) is 10.4 Å². The summed E-state index contributed by atoms with van der Waals surface area (Å²) in [6.45, 7) is 4.37. The topological polar surface area (TPSA) is 61.9 Å². The zero-order chi connectivity index (χ0) is 21.5. The highest BCUT2D eigenvalue weighted by atomic mass is 16.2. The van der Waals surface area contributed by atoms with Crippen LogP contribution in [0.25, 0.3) is 10.9 Å². The summed E-state index contributed by atoms with van der Waals surface area (Å²) in [5.41, 5.74) is 3.15. The Labute approximate surface area is 184 Å². The van der Waals surface area contributed by atoms with Crippen molar-refractivity contribution in [1.82, 2.24) is 14.7 Å². The SMILES string of the molecule is Cn1nc(C(C)(C)CC(=O)N2C3CC4CC2CC(C#N)(C4)C3)c2c(C3CC3)cccc21. The average molecular weight is 417 g/mol. The van der Waals surface area contributed by atoms with Crippen molar-refractivity contribution in [2.75, 3.05) is 0 Å². The van der Waals surface area contributed by atoms with E-state index in [4.69, 9.17) is 5.10 Å².